The van der Waals surface area contributed by atoms with Crippen LogP contribution in [0.2, 0.25) is 0 Å². The van der Waals surface area contributed by atoms with Gasteiger partial charge in [-0.3, -0.25) is 4.79 Å². The largest absolute Gasteiger partial charge is 0.481 e. The van der Waals surface area contributed by atoms with Gasteiger partial charge in [-0.25, -0.2) is 0 Å². The Morgan fingerprint density at radius 1 is 1.67 bits per heavy atom. The first-order valence-electron chi connectivity index (χ1n) is 4.09. The summed E-state index contributed by atoms with van der Waals surface area (Å²) in [5.74, 6) is -0.742. The van der Waals surface area contributed by atoms with Crippen LogP contribution in [0.4, 0.5) is 0 Å². The summed E-state index contributed by atoms with van der Waals surface area (Å²) in [5.41, 5.74) is -0.663. The molecule has 0 saturated carbocycles. The number of hydrogen-bond donors (Lipinski definition) is 1. The number of hydrogen-bond acceptors (Lipinski definition) is 2. The summed E-state index contributed by atoms with van der Waals surface area (Å²) >= 11 is 0. The van der Waals surface area contributed by atoms with Crippen molar-refractivity contribution in [1.29, 1.82) is 0 Å². The van der Waals surface area contributed by atoms with E-state index in [1.165, 1.54) is 0 Å². The summed E-state index contributed by atoms with van der Waals surface area (Å²) in [6.45, 7) is 0.312. The monoisotopic (exact) mass is 170 g/mol. The van der Waals surface area contributed by atoms with E-state index in [-0.39, 0.29) is 0 Å². The van der Waals surface area contributed by atoms with Crippen molar-refractivity contribution in [3.05, 3.63) is 12.2 Å². The zero-order valence-corrected chi connectivity index (χ0v) is 7.25. The van der Waals surface area contributed by atoms with E-state index in [0.29, 0.717) is 19.4 Å². The standard InChI is InChI=1S/C9H14O3/c1-12-7-9(8(10)11)5-3-2-4-6-9/h2-3H,4-7H2,1H3,(H,10,11). The molecule has 0 saturated heterocycles. The maximum Gasteiger partial charge on any atom is 0.312 e. The molecule has 0 aromatic heterocycles. The van der Waals surface area contributed by atoms with E-state index in [0.717, 1.165) is 6.42 Å². The minimum Gasteiger partial charge on any atom is -0.481 e. The molecule has 1 atom stereocenters. The highest BCUT2D eigenvalue weighted by atomic mass is 16.5. The number of aliphatic carboxylic acids is 1. The first-order valence-corrected chi connectivity index (χ1v) is 4.09. The Balaban J connectivity index is 2.71. The van der Waals surface area contributed by atoms with Crippen molar-refractivity contribution in [3.8, 4) is 0 Å². The quantitative estimate of drug-likeness (QED) is 0.652. The maximum absolute atomic E-state index is 11.0. The highest BCUT2D eigenvalue weighted by molar-refractivity contribution is 5.75. The van der Waals surface area contributed by atoms with Crippen molar-refractivity contribution in [2.45, 2.75) is 19.3 Å². The molecule has 1 rings (SSSR count). The van der Waals surface area contributed by atoms with Gasteiger partial charge in [-0.05, 0) is 19.3 Å². The van der Waals surface area contributed by atoms with Crippen LogP contribution in [0, 0.1) is 5.41 Å². The summed E-state index contributed by atoms with van der Waals surface area (Å²) in [5, 5.41) is 9.01. The molecule has 3 nitrogen and oxygen atoms in total. The first kappa shape index (κ1) is 9.26. The van der Waals surface area contributed by atoms with Crippen LogP contribution in [-0.4, -0.2) is 24.8 Å². The molecule has 1 unspecified atom stereocenters. The van der Waals surface area contributed by atoms with Crippen molar-refractivity contribution in [2.24, 2.45) is 5.41 Å². The van der Waals surface area contributed by atoms with Crippen LogP contribution in [0.5, 0.6) is 0 Å². The van der Waals surface area contributed by atoms with Crippen molar-refractivity contribution in [3.63, 3.8) is 0 Å². The lowest BCUT2D eigenvalue weighted by Gasteiger charge is -2.29. The minimum atomic E-state index is -0.742. The fourth-order valence-electron chi connectivity index (χ4n) is 1.55. The van der Waals surface area contributed by atoms with Crippen LogP contribution >= 0.6 is 0 Å². The molecule has 1 aliphatic carbocycles. The molecular formula is C9H14O3. The molecule has 12 heavy (non-hydrogen) atoms. The van der Waals surface area contributed by atoms with Gasteiger partial charge >= 0.3 is 5.97 Å². The molecule has 1 aliphatic rings. The van der Waals surface area contributed by atoms with Crippen LogP contribution in [0.25, 0.3) is 0 Å². The zero-order valence-electron chi connectivity index (χ0n) is 7.25. The van der Waals surface area contributed by atoms with Crippen LogP contribution in [0.1, 0.15) is 19.3 Å². The molecule has 0 fully saturated rings. The van der Waals surface area contributed by atoms with Crippen LogP contribution in [0.3, 0.4) is 0 Å². The van der Waals surface area contributed by atoms with E-state index in [9.17, 15) is 4.79 Å². The van der Waals surface area contributed by atoms with E-state index >= 15 is 0 Å². The third-order valence-electron chi connectivity index (χ3n) is 2.34. The van der Waals surface area contributed by atoms with Gasteiger partial charge in [0.25, 0.3) is 0 Å². The van der Waals surface area contributed by atoms with Crippen molar-refractivity contribution < 1.29 is 14.6 Å². The second kappa shape index (κ2) is 3.72. The predicted molar refractivity (Wildman–Crippen MR) is 44.9 cm³/mol. The second-order valence-electron chi connectivity index (χ2n) is 3.23. The molecule has 0 bridgehead atoms. The van der Waals surface area contributed by atoms with Gasteiger partial charge in [-0.1, -0.05) is 12.2 Å². The first-order chi connectivity index (χ1) is 5.71. The molecule has 0 spiro atoms. The lowest BCUT2D eigenvalue weighted by Crippen LogP contribution is -2.36. The third kappa shape index (κ3) is 1.67. The molecule has 68 valence electrons. The van der Waals surface area contributed by atoms with Gasteiger partial charge in [0.15, 0.2) is 0 Å². The molecule has 0 radical (unpaired) electrons. The fourth-order valence-corrected chi connectivity index (χ4v) is 1.55. The lowest BCUT2D eigenvalue weighted by atomic mass is 9.78. The van der Waals surface area contributed by atoms with E-state index in [4.69, 9.17) is 9.84 Å². The molecule has 0 aliphatic heterocycles. The third-order valence-corrected chi connectivity index (χ3v) is 2.34. The highest BCUT2D eigenvalue weighted by Crippen LogP contribution is 2.33. The van der Waals surface area contributed by atoms with Crippen LogP contribution in [0.15, 0.2) is 12.2 Å². The highest BCUT2D eigenvalue weighted by Gasteiger charge is 2.38. The average molecular weight is 170 g/mol. The Labute approximate surface area is 72.0 Å². The van der Waals surface area contributed by atoms with Gasteiger partial charge in [-0.2, -0.15) is 0 Å². The summed E-state index contributed by atoms with van der Waals surface area (Å²) in [7, 11) is 1.54. The topological polar surface area (TPSA) is 46.5 Å². The van der Waals surface area contributed by atoms with Gasteiger partial charge in [0.05, 0.1) is 12.0 Å². The zero-order chi connectivity index (χ0) is 9.03. The summed E-state index contributed by atoms with van der Waals surface area (Å²) < 4.78 is 4.93. The predicted octanol–water partition coefficient (Wildman–Crippen LogP) is 1.44. The Morgan fingerprint density at radius 3 is 2.83 bits per heavy atom. The summed E-state index contributed by atoms with van der Waals surface area (Å²) in [6.07, 6.45) is 6.08. The van der Waals surface area contributed by atoms with Crippen LogP contribution < -0.4 is 0 Å². The normalized spacial score (nSPS) is 28.8. The molecule has 1 N–H and O–H groups in total. The van der Waals surface area contributed by atoms with E-state index in [1.54, 1.807) is 7.11 Å². The molecule has 0 aromatic rings. The number of carbonyl (C=O) groups is 1. The van der Waals surface area contributed by atoms with E-state index in [2.05, 4.69) is 0 Å². The number of ether oxygens (including phenoxy) is 1. The fraction of sp³-hybridized carbons (Fsp3) is 0.667. The molecular weight excluding hydrogens is 156 g/mol. The van der Waals surface area contributed by atoms with E-state index < -0.39 is 11.4 Å². The van der Waals surface area contributed by atoms with Gasteiger partial charge in [-0.15, -0.1) is 0 Å². The number of carboxylic acid groups (broad SMARTS) is 1. The van der Waals surface area contributed by atoms with Crippen molar-refractivity contribution in [1.82, 2.24) is 0 Å². The molecule has 3 heteroatoms. The number of carboxylic acids is 1. The van der Waals surface area contributed by atoms with Gasteiger partial charge in [0.1, 0.15) is 0 Å². The summed E-state index contributed by atoms with van der Waals surface area (Å²) in [4.78, 5) is 11.0. The van der Waals surface area contributed by atoms with Gasteiger partial charge < -0.3 is 9.84 Å². The Bertz CT molecular complexity index is 198. The van der Waals surface area contributed by atoms with Crippen LogP contribution in [-0.2, 0) is 9.53 Å². The minimum absolute atomic E-state index is 0.312. The van der Waals surface area contributed by atoms with Gasteiger partial charge in [0, 0.05) is 7.11 Å². The molecule has 0 amide bonds. The smallest absolute Gasteiger partial charge is 0.312 e. The Kier molecular flexibility index (Phi) is 2.87. The lowest BCUT2D eigenvalue weighted by molar-refractivity contribution is -0.153. The number of methoxy groups -OCH3 is 1. The average Bonchev–Trinajstić information content (AvgIpc) is 2.06. The van der Waals surface area contributed by atoms with Crippen molar-refractivity contribution in [2.75, 3.05) is 13.7 Å². The number of rotatable bonds is 3. The van der Waals surface area contributed by atoms with Gasteiger partial charge in [0.2, 0.25) is 0 Å². The maximum atomic E-state index is 11.0. The Morgan fingerprint density at radius 2 is 2.42 bits per heavy atom. The summed E-state index contributed by atoms with van der Waals surface area (Å²) in [6, 6.07) is 0. The number of allylic oxidation sites excluding steroid dienone is 2. The van der Waals surface area contributed by atoms with Crippen molar-refractivity contribution >= 4 is 5.97 Å². The molecule has 0 heterocycles. The van der Waals surface area contributed by atoms with E-state index in [1.807, 2.05) is 12.2 Å². The molecule has 0 aromatic carbocycles. The Hall–Kier alpha value is -0.830. The second-order valence-corrected chi connectivity index (χ2v) is 3.23. The SMILES string of the molecule is COCC1(C(=O)O)CC=CCC1.